The van der Waals surface area contributed by atoms with E-state index in [4.69, 9.17) is 5.73 Å². The van der Waals surface area contributed by atoms with E-state index in [2.05, 4.69) is 22.5 Å². The standard InChI is InChI=1S/C9H9BrFNO/c1-2-7(12)8-6(11)4-3-5(10)9(8)13/h2-4,7,13H,1,12H2/t7-/m0/s1. The van der Waals surface area contributed by atoms with Gasteiger partial charge in [0, 0.05) is 0 Å². The van der Waals surface area contributed by atoms with Crippen molar-refractivity contribution in [3.05, 3.63) is 40.6 Å². The Hall–Kier alpha value is -0.870. The van der Waals surface area contributed by atoms with Crippen molar-refractivity contribution < 1.29 is 9.50 Å². The number of phenolic OH excluding ortho intramolecular Hbond substituents is 1. The Bertz CT molecular complexity index is 341. The Morgan fingerprint density at radius 1 is 1.62 bits per heavy atom. The molecule has 4 heteroatoms. The van der Waals surface area contributed by atoms with Crippen molar-refractivity contribution in [2.45, 2.75) is 6.04 Å². The molecule has 0 fully saturated rings. The van der Waals surface area contributed by atoms with Crippen molar-refractivity contribution in [2.24, 2.45) is 5.73 Å². The zero-order valence-electron chi connectivity index (χ0n) is 6.80. The fourth-order valence-electron chi connectivity index (χ4n) is 0.992. The Morgan fingerprint density at radius 2 is 2.23 bits per heavy atom. The predicted molar refractivity (Wildman–Crippen MR) is 52.9 cm³/mol. The lowest BCUT2D eigenvalue weighted by molar-refractivity contribution is 0.452. The number of hydrogen-bond donors (Lipinski definition) is 2. The maximum atomic E-state index is 13.2. The molecule has 1 atom stereocenters. The van der Waals surface area contributed by atoms with Gasteiger partial charge >= 0.3 is 0 Å². The van der Waals surface area contributed by atoms with Gasteiger partial charge in [-0.25, -0.2) is 4.39 Å². The molecule has 0 aromatic heterocycles. The van der Waals surface area contributed by atoms with Gasteiger partial charge in [-0.3, -0.25) is 0 Å². The van der Waals surface area contributed by atoms with Crippen LogP contribution in [0.25, 0.3) is 0 Å². The van der Waals surface area contributed by atoms with Gasteiger partial charge in [0.1, 0.15) is 11.6 Å². The summed E-state index contributed by atoms with van der Waals surface area (Å²) in [5.74, 6) is -0.708. The highest BCUT2D eigenvalue weighted by molar-refractivity contribution is 9.10. The Kier molecular flexibility index (Phi) is 3.06. The normalized spacial score (nSPS) is 12.5. The first-order valence-electron chi connectivity index (χ1n) is 3.63. The second-order valence-electron chi connectivity index (χ2n) is 2.55. The molecule has 0 saturated carbocycles. The van der Waals surface area contributed by atoms with E-state index in [0.717, 1.165) is 0 Å². The Morgan fingerprint density at radius 3 is 2.77 bits per heavy atom. The van der Waals surface area contributed by atoms with Gasteiger partial charge in [-0.2, -0.15) is 0 Å². The van der Waals surface area contributed by atoms with Gasteiger partial charge < -0.3 is 10.8 Å². The van der Waals surface area contributed by atoms with Crippen LogP contribution >= 0.6 is 15.9 Å². The van der Waals surface area contributed by atoms with Crippen LogP contribution in [0, 0.1) is 5.82 Å². The van der Waals surface area contributed by atoms with Crippen LogP contribution in [0.1, 0.15) is 11.6 Å². The predicted octanol–water partition coefficient (Wildman–Crippen LogP) is 2.48. The van der Waals surface area contributed by atoms with Crippen molar-refractivity contribution in [1.82, 2.24) is 0 Å². The van der Waals surface area contributed by atoms with Gasteiger partial charge in [0.05, 0.1) is 16.1 Å². The van der Waals surface area contributed by atoms with E-state index in [9.17, 15) is 9.50 Å². The minimum absolute atomic E-state index is 0.0596. The molecule has 0 aliphatic rings. The van der Waals surface area contributed by atoms with Gasteiger partial charge in [0.2, 0.25) is 0 Å². The second kappa shape index (κ2) is 3.89. The third-order valence-corrected chi connectivity index (χ3v) is 2.34. The number of phenols is 1. The topological polar surface area (TPSA) is 46.2 Å². The average molecular weight is 246 g/mol. The fourth-order valence-corrected chi connectivity index (χ4v) is 1.34. The SMILES string of the molecule is C=C[C@H](N)c1c(F)ccc(Br)c1O. The Labute approximate surface area is 84.0 Å². The largest absolute Gasteiger partial charge is 0.506 e. The van der Waals surface area contributed by atoms with Crippen molar-refractivity contribution in [3.8, 4) is 5.75 Å². The maximum absolute atomic E-state index is 13.2. The minimum atomic E-state index is -0.697. The van der Waals surface area contributed by atoms with Crippen LogP contribution in [-0.4, -0.2) is 5.11 Å². The number of hydrogen-bond acceptors (Lipinski definition) is 2. The molecule has 0 spiro atoms. The van der Waals surface area contributed by atoms with Crippen molar-refractivity contribution in [3.63, 3.8) is 0 Å². The van der Waals surface area contributed by atoms with Crippen LogP contribution < -0.4 is 5.73 Å². The van der Waals surface area contributed by atoms with Crippen molar-refractivity contribution in [1.29, 1.82) is 0 Å². The smallest absolute Gasteiger partial charge is 0.137 e. The maximum Gasteiger partial charge on any atom is 0.137 e. The Balaban J connectivity index is 3.32. The second-order valence-corrected chi connectivity index (χ2v) is 3.41. The monoisotopic (exact) mass is 245 g/mol. The van der Waals surface area contributed by atoms with Crippen LogP contribution in [0.15, 0.2) is 29.3 Å². The third kappa shape index (κ3) is 1.89. The molecule has 0 radical (unpaired) electrons. The number of aromatic hydroxyl groups is 1. The van der Waals surface area contributed by atoms with Gasteiger partial charge in [-0.05, 0) is 28.1 Å². The van der Waals surface area contributed by atoms with Crippen molar-refractivity contribution >= 4 is 15.9 Å². The summed E-state index contributed by atoms with van der Waals surface area (Å²) in [4.78, 5) is 0. The molecule has 70 valence electrons. The highest BCUT2D eigenvalue weighted by atomic mass is 79.9. The molecular weight excluding hydrogens is 237 g/mol. The number of rotatable bonds is 2. The molecule has 0 heterocycles. The number of halogens is 2. The van der Waals surface area contributed by atoms with E-state index in [1.54, 1.807) is 0 Å². The summed E-state index contributed by atoms with van der Waals surface area (Å²) in [6.07, 6.45) is 1.37. The van der Waals surface area contributed by atoms with Gasteiger partial charge in [-0.15, -0.1) is 6.58 Å². The molecule has 13 heavy (non-hydrogen) atoms. The first-order chi connectivity index (χ1) is 6.07. The first kappa shape index (κ1) is 10.2. The van der Waals surface area contributed by atoms with E-state index in [1.165, 1.54) is 18.2 Å². The van der Waals surface area contributed by atoms with Crippen LogP contribution in [0.3, 0.4) is 0 Å². The van der Waals surface area contributed by atoms with E-state index in [1.807, 2.05) is 0 Å². The summed E-state index contributed by atoms with van der Waals surface area (Å²) < 4.78 is 13.6. The molecule has 0 bridgehead atoms. The van der Waals surface area contributed by atoms with Gasteiger partial charge in [-0.1, -0.05) is 6.08 Å². The molecule has 3 N–H and O–H groups in total. The summed E-state index contributed by atoms with van der Waals surface area (Å²) in [6, 6.07) is 1.96. The molecule has 0 amide bonds. The summed E-state index contributed by atoms with van der Waals surface area (Å²) in [6.45, 7) is 3.43. The quantitative estimate of drug-likeness (QED) is 0.787. The molecular formula is C9H9BrFNO. The molecule has 0 aliphatic heterocycles. The fraction of sp³-hybridized carbons (Fsp3) is 0.111. The minimum Gasteiger partial charge on any atom is -0.506 e. The van der Waals surface area contributed by atoms with Crippen LogP contribution in [0.4, 0.5) is 4.39 Å². The van der Waals surface area contributed by atoms with Crippen LogP contribution in [0.2, 0.25) is 0 Å². The van der Waals surface area contributed by atoms with E-state index < -0.39 is 11.9 Å². The molecule has 2 nitrogen and oxygen atoms in total. The van der Waals surface area contributed by atoms with Gasteiger partial charge in [0.15, 0.2) is 0 Å². The number of benzene rings is 1. The third-order valence-electron chi connectivity index (χ3n) is 1.70. The van der Waals surface area contributed by atoms with Gasteiger partial charge in [0.25, 0.3) is 0 Å². The number of nitrogens with two attached hydrogens (primary N) is 1. The summed E-state index contributed by atoms with van der Waals surface area (Å²) >= 11 is 3.07. The highest BCUT2D eigenvalue weighted by Crippen LogP contribution is 2.33. The van der Waals surface area contributed by atoms with Crippen LogP contribution in [0.5, 0.6) is 5.75 Å². The summed E-state index contributed by atoms with van der Waals surface area (Å²) in [5, 5.41) is 9.47. The molecule has 1 aromatic rings. The molecule has 1 rings (SSSR count). The zero-order valence-corrected chi connectivity index (χ0v) is 8.38. The van der Waals surface area contributed by atoms with E-state index in [0.29, 0.717) is 4.47 Å². The zero-order chi connectivity index (χ0) is 10.0. The average Bonchev–Trinajstić information content (AvgIpc) is 2.12. The summed E-state index contributed by atoms with van der Waals surface area (Å²) in [7, 11) is 0. The molecule has 0 saturated heterocycles. The van der Waals surface area contributed by atoms with Crippen LogP contribution in [-0.2, 0) is 0 Å². The lowest BCUT2D eigenvalue weighted by Gasteiger charge is -2.11. The lowest BCUT2D eigenvalue weighted by atomic mass is 10.1. The highest BCUT2D eigenvalue weighted by Gasteiger charge is 2.15. The molecule has 0 unspecified atom stereocenters. The molecule has 0 aliphatic carbocycles. The van der Waals surface area contributed by atoms with E-state index >= 15 is 0 Å². The first-order valence-corrected chi connectivity index (χ1v) is 4.42. The van der Waals surface area contributed by atoms with E-state index in [-0.39, 0.29) is 11.3 Å². The molecule has 1 aromatic carbocycles. The lowest BCUT2D eigenvalue weighted by Crippen LogP contribution is -2.09. The summed E-state index contributed by atoms with van der Waals surface area (Å²) in [5.41, 5.74) is 5.59. The van der Waals surface area contributed by atoms with Crippen molar-refractivity contribution in [2.75, 3.05) is 0 Å².